The molecule has 90 valence electrons. The van der Waals surface area contributed by atoms with Gasteiger partial charge in [-0.15, -0.1) is 0 Å². The van der Waals surface area contributed by atoms with Crippen molar-refractivity contribution in [2.24, 2.45) is 0 Å². The molecule has 0 aliphatic carbocycles. The van der Waals surface area contributed by atoms with Crippen molar-refractivity contribution in [3.8, 4) is 5.69 Å². The largest absolute Gasteiger partial charge is 0.377 e. The number of hydrogen-bond acceptors (Lipinski definition) is 3. The predicted molar refractivity (Wildman–Crippen MR) is 72.5 cm³/mol. The minimum Gasteiger partial charge on any atom is -0.377 e. The monoisotopic (exact) mass is 248 g/mol. The maximum absolute atomic E-state index is 5.23. The van der Waals surface area contributed by atoms with Crippen molar-refractivity contribution in [2.75, 3.05) is 19.0 Å². The molecule has 0 saturated carbocycles. The average molecular weight is 248 g/mol. The highest BCUT2D eigenvalue weighted by Crippen LogP contribution is 2.22. The Hall–Kier alpha value is -1.62. The van der Waals surface area contributed by atoms with Gasteiger partial charge in [0.1, 0.15) is 5.82 Å². The minimum absolute atomic E-state index is 0.621. The molecular weight excluding hydrogens is 232 g/mol. The molecule has 0 aliphatic heterocycles. The Kier molecular flexibility index (Phi) is 3.02. The fourth-order valence-electron chi connectivity index (χ4n) is 1.90. The number of H-pyrrole nitrogens is 1. The first kappa shape index (κ1) is 11.9. The van der Waals surface area contributed by atoms with Crippen LogP contribution >= 0.6 is 12.2 Å². The van der Waals surface area contributed by atoms with Gasteiger partial charge in [0, 0.05) is 19.8 Å². The third-order valence-corrected chi connectivity index (χ3v) is 3.05. The van der Waals surface area contributed by atoms with Crippen molar-refractivity contribution in [1.82, 2.24) is 14.8 Å². The van der Waals surface area contributed by atoms with Crippen LogP contribution in [0.5, 0.6) is 0 Å². The molecule has 0 bridgehead atoms. The lowest BCUT2D eigenvalue weighted by atomic mass is 10.1. The third kappa shape index (κ3) is 2.10. The summed E-state index contributed by atoms with van der Waals surface area (Å²) in [4.78, 5) is 2.10. The highest BCUT2D eigenvalue weighted by molar-refractivity contribution is 7.71. The maximum Gasteiger partial charge on any atom is 0.199 e. The van der Waals surface area contributed by atoms with E-state index in [1.165, 1.54) is 11.3 Å². The number of anilines is 1. The van der Waals surface area contributed by atoms with Crippen molar-refractivity contribution in [3.63, 3.8) is 0 Å². The number of aromatic nitrogens is 3. The quantitative estimate of drug-likeness (QED) is 0.830. The number of benzene rings is 1. The molecule has 0 atom stereocenters. The van der Waals surface area contributed by atoms with E-state index in [2.05, 4.69) is 40.2 Å². The Bertz CT molecular complexity index is 595. The highest BCUT2D eigenvalue weighted by Gasteiger charge is 2.07. The van der Waals surface area contributed by atoms with Crippen LogP contribution in [0.15, 0.2) is 18.2 Å². The van der Waals surface area contributed by atoms with Crippen LogP contribution in [-0.4, -0.2) is 28.9 Å². The van der Waals surface area contributed by atoms with E-state index in [0.29, 0.717) is 4.77 Å². The lowest BCUT2D eigenvalue weighted by molar-refractivity contribution is 0.959. The van der Waals surface area contributed by atoms with Crippen molar-refractivity contribution < 1.29 is 0 Å². The van der Waals surface area contributed by atoms with Crippen LogP contribution in [-0.2, 0) is 0 Å². The first-order valence-corrected chi connectivity index (χ1v) is 5.84. The lowest BCUT2D eigenvalue weighted by Crippen LogP contribution is -2.11. The van der Waals surface area contributed by atoms with Gasteiger partial charge in [-0.2, -0.15) is 5.10 Å². The fourth-order valence-corrected chi connectivity index (χ4v) is 2.18. The molecule has 0 fully saturated rings. The topological polar surface area (TPSA) is 36.9 Å². The van der Waals surface area contributed by atoms with E-state index < -0.39 is 0 Å². The van der Waals surface area contributed by atoms with E-state index in [-0.39, 0.29) is 0 Å². The van der Waals surface area contributed by atoms with Crippen LogP contribution in [0.3, 0.4) is 0 Å². The molecule has 4 nitrogen and oxygen atoms in total. The van der Waals surface area contributed by atoms with E-state index in [0.717, 1.165) is 11.5 Å². The number of nitrogens with one attached hydrogen (secondary N) is 1. The van der Waals surface area contributed by atoms with Gasteiger partial charge < -0.3 is 4.90 Å². The standard InChI is InChI=1S/C12H16N4S/c1-8-5-6-10(7-11(8)15(3)4)16-9(2)13-14-12(16)17/h5-7H,1-4H3,(H,14,17). The minimum atomic E-state index is 0.621. The molecular formula is C12H16N4S. The van der Waals surface area contributed by atoms with Crippen LogP contribution in [0.4, 0.5) is 5.69 Å². The third-order valence-electron chi connectivity index (χ3n) is 2.77. The predicted octanol–water partition coefficient (Wildman–Crippen LogP) is 2.61. The van der Waals surface area contributed by atoms with Crippen LogP contribution < -0.4 is 4.90 Å². The van der Waals surface area contributed by atoms with Gasteiger partial charge in [-0.25, -0.2) is 0 Å². The zero-order valence-electron chi connectivity index (χ0n) is 10.5. The first-order chi connectivity index (χ1) is 8.00. The van der Waals surface area contributed by atoms with Crippen LogP contribution in [0.2, 0.25) is 0 Å². The lowest BCUT2D eigenvalue weighted by Gasteiger charge is -2.17. The molecule has 0 radical (unpaired) electrons. The van der Waals surface area contributed by atoms with Gasteiger partial charge in [0.05, 0.1) is 5.69 Å². The van der Waals surface area contributed by atoms with Gasteiger partial charge in [-0.05, 0) is 43.8 Å². The molecule has 0 unspecified atom stereocenters. The Labute approximate surface area is 106 Å². The molecule has 1 N–H and O–H groups in total. The van der Waals surface area contributed by atoms with Crippen LogP contribution in [0.25, 0.3) is 5.69 Å². The first-order valence-electron chi connectivity index (χ1n) is 5.43. The Balaban J connectivity index is 2.62. The molecule has 1 aromatic heterocycles. The molecule has 17 heavy (non-hydrogen) atoms. The number of rotatable bonds is 2. The molecule has 0 aliphatic rings. The summed E-state index contributed by atoms with van der Waals surface area (Å²) in [5.74, 6) is 0.864. The Morgan fingerprint density at radius 3 is 2.53 bits per heavy atom. The van der Waals surface area contributed by atoms with Crippen molar-refractivity contribution in [2.45, 2.75) is 13.8 Å². The van der Waals surface area contributed by atoms with E-state index in [4.69, 9.17) is 12.2 Å². The molecule has 1 heterocycles. The van der Waals surface area contributed by atoms with E-state index >= 15 is 0 Å². The number of aryl methyl sites for hydroxylation is 2. The number of hydrogen-bond donors (Lipinski definition) is 1. The SMILES string of the molecule is Cc1ccc(-n2c(C)n[nH]c2=S)cc1N(C)C. The Morgan fingerprint density at radius 1 is 1.29 bits per heavy atom. The van der Waals surface area contributed by atoms with Gasteiger partial charge in [0.25, 0.3) is 0 Å². The molecule has 1 aromatic carbocycles. The summed E-state index contributed by atoms with van der Waals surface area (Å²) in [7, 11) is 4.07. The van der Waals surface area contributed by atoms with Crippen molar-refractivity contribution in [1.29, 1.82) is 0 Å². The number of nitrogens with zero attached hydrogens (tertiary/aromatic N) is 3. The smallest absolute Gasteiger partial charge is 0.199 e. The molecule has 0 spiro atoms. The van der Waals surface area contributed by atoms with Crippen LogP contribution in [0, 0.1) is 18.6 Å². The molecule has 2 aromatic rings. The second-order valence-corrected chi connectivity index (χ2v) is 4.66. The highest BCUT2D eigenvalue weighted by atomic mass is 32.1. The molecule has 0 amide bonds. The Morgan fingerprint density at radius 2 is 2.00 bits per heavy atom. The summed E-state index contributed by atoms with van der Waals surface area (Å²) in [5.41, 5.74) is 3.46. The van der Waals surface area contributed by atoms with E-state index in [9.17, 15) is 0 Å². The van der Waals surface area contributed by atoms with Gasteiger partial charge in [-0.1, -0.05) is 6.07 Å². The summed E-state index contributed by atoms with van der Waals surface area (Å²) < 4.78 is 2.55. The van der Waals surface area contributed by atoms with Crippen LogP contribution in [0.1, 0.15) is 11.4 Å². The molecule has 0 saturated heterocycles. The maximum atomic E-state index is 5.23. The summed E-state index contributed by atoms with van der Waals surface area (Å²) in [6, 6.07) is 6.27. The summed E-state index contributed by atoms with van der Waals surface area (Å²) in [6.45, 7) is 4.03. The fraction of sp³-hybridized carbons (Fsp3) is 0.333. The normalized spacial score (nSPS) is 10.6. The summed E-state index contributed by atoms with van der Waals surface area (Å²) in [5, 5.41) is 6.92. The second kappa shape index (κ2) is 4.33. The van der Waals surface area contributed by atoms with Crippen molar-refractivity contribution in [3.05, 3.63) is 34.4 Å². The second-order valence-electron chi connectivity index (χ2n) is 4.28. The molecule has 2 rings (SSSR count). The zero-order chi connectivity index (χ0) is 12.6. The van der Waals surface area contributed by atoms with Gasteiger partial charge in [-0.3, -0.25) is 9.67 Å². The summed E-state index contributed by atoms with van der Waals surface area (Å²) in [6.07, 6.45) is 0. The average Bonchev–Trinajstić information content (AvgIpc) is 2.59. The van der Waals surface area contributed by atoms with Gasteiger partial charge >= 0.3 is 0 Å². The number of aromatic amines is 1. The van der Waals surface area contributed by atoms with Gasteiger partial charge in [0.2, 0.25) is 0 Å². The van der Waals surface area contributed by atoms with E-state index in [1.54, 1.807) is 0 Å². The van der Waals surface area contributed by atoms with Crippen molar-refractivity contribution >= 4 is 17.9 Å². The van der Waals surface area contributed by atoms with Gasteiger partial charge in [0.15, 0.2) is 4.77 Å². The summed E-state index contributed by atoms with van der Waals surface area (Å²) >= 11 is 5.23. The van der Waals surface area contributed by atoms with E-state index in [1.807, 2.05) is 25.6 Å². The molecule has 5 heteroatoms. The zero-order valence-corrected chi connectivity index (χ0v) is 11.3.